The third-order valence-corrected chi connectivity index (χ3v) is 3.71. The van der Waals surface area contributed by atoms with Crippen LogP contribution in [0.1, 0.15) is 6.42 Å². The van der Waals surface area contributed by atoms with Crippen molar-refractivity contribution in [2.45, 2.75) is 12.5 Å². The first-order chi connectivity index (χ1) is 9.66. The van der Waals surface area contributed by atoms with Gasteiger partial charge < -0.3 is 19.7 Å². The van der Waals surface area contributed by atoms with Gasteiger partial charge in [-0.05, 0) is 24.6 Å². The molecule has 1 aromatic rings. The summed E-state index contributed by atoms with van der Waals surface area (Å²) >= 11 is 3.38. The van der Waals surface area contributed by atoms with E-state index in [9.17, 15) is 4.79 Å². The largest absolute Gasteiger partial charge is 0.492 e. The maximum absolute atomic E-state index is 11.9. The van der Waals surface area contributed by atoms with E-state index in [1.54, 1.807) is 11.9 Å². The van der Waals surface area contributed by atoms with E-state index in [1.165, 1.54) is 0 Å². The second-order valence-corrected chi connectivity index (χ2v) is 5.58. The summed E-state index contributed by atoms with van der Waals surface area (Å²) < 4.78 is 11.8. The molecule has 1 aliphatic rings. The van der Waals surface area contributed by atoms with Gasteiger partial charge in [0, 0.05) is 18.1 Å². The van der Waals surface area contributed by atoms with Crippen LogP contribution < -0.4 is 10.1 Å². The van der Waals surface area contributed by atoms with Crippen molar-refractivity contribution in [2.24, 2.45) is 0 Å². The van der Waals surface area contributed by atoms with Crippen molar-refractivity contribution < 1.29 is 14.3 Å². The number of nitrogens with zero attached hydrogens (tertiary/aromatic N) is 1. The Hall–Kier alpha value is -1.27. The molecule has 2 rings (SSSR count). The van der Waals surface area contributed by atoms with E-state index in [1.807, 2.05) is 24.3 Å². The number of amides is 2. The van der Waals surface area contributed by atoms with Crippen molar-refractivity contribution in [3.63, 3.8) is 0 Å². The number of carbonyl (C=O) groups excluding carboxylic acids is 1. The van der Waals surface area contributed by atoms with Crippen molar-refractivity contribution in [2.75, 3.05) is 33.4 Å². The first-order valence-electron chi connectivity index (χ1n) is 6.63. The van der Waals surface area contributed by atoms with Gasteiger partial charge in [0.1, 0.15) is 12.4 Å². The predicted molar refractivity (Wildman–Crippen MR) is 80.0 cm³/mol. The second kappa shape index (κ2) is 7.50. The van der Waals surface area contributed by atoms with Gasteiger partial charge in [-0.15, -0.1) is 0 Å². The van der Waals surface area contributed by atoms with Crippen molar-refractivity contribution in [3.8, 4) is 5.75 Å². The molecule has 0 radical (unpaired) electrons. The molecule has 1 aliphatic heterocycles. The van der Waals surface area contributed by atoms with Crippen LogP contribution in [0.5, 0.6) is 5.75 Å². The molecule has 0 saturated carbocycles. The van der Waals surface area contributed by atoms with E-state index < -0.39 is 0 Å². The number of ether oxygens (including phenoxy) is 2. The van der Waals surface area contributed by atoms with Gasteiger partial charge in [0.25, 0.3) is 0 Å². The summed E-state index contributed by atoms with van der Waals surface area (Å²) in [6, 6.07) is 7.72. The zero-order valence-electron chi connectivity index (χ0n) is 11.5. The lowest BCUT2D eigenvalue weighted by Gasteiger charge is -2.23. The topological polar surface area (TPSA) is 50.8 Å². The van der Waals surface area contributed by atoms with Crippen LogP contribution in [0.2, 0.25) is 0 Å². The minimum absolute atomic E-state index is 0.0849. The predicted octanol–water partition coefficient (Wildman–Crippen LogP) is 2.26. The fourth-order valence-corrected chi connectivity index (χ4v) is 2.38. The van der Waals surface area contributed by atoms with Crippen LogP contribution in [0.4, 0.5) is 4.79 Å². The van der Waals surface area contributed by atoms with Crippen LogP contribution in [0.15, 0.2) is 28.7 Å². The van der Waals surface area contributed by atoms with Crippen LogP contribution in [-0.4, -0.2) is 50.4 Å². The van der Waals surface area contributed by atoms with Gasteiger partial charge in [-0.1, -0.05) is 22.0 Å². The summed E-state index contributed by atoms with van der Waals surface area (Å²) in [5, 5.41) is 2.84. The highest BCUT2D eigenvalue weighted by molar-refractivity contribution is 9.10. The zero-order valence-corrected chi connectivity index (χ0v) is 13.1. The van der Waals surface area contributed by atoms with Gasteiger partial charge >= 0.3 is 6.03 Å². The Bertz CT molecular complexity index is 450. The lowest BCUT2D eigenvalue weighted by atomic mass is 10.2. The van der Waals surface area contributed by atoms with E-state index in [0.717, 1.165) is 23.2 Å². The molecule has 6 heteroatoms. The van der Waals surface area contributed by atoms with E-state index in [4.69, 9.17) is 9.47 Å². The molecule has 1 saturated heterocycles. The second-order valence-electron chi connectivity index (χ2n) is 4.67. The number of nitrogens with one attached hydrogen (secondary N) is 1. The molecule has 0 unspecified atom stereocenters. The van der Waals surface area contributed by atoms with Crippen LogP contribution in [-0.2, 0) is 4.74 Å². The summed E-state index contributed by atoms with van der Waals surface area (Å²) in [4.78, 5) is 13.6. The Labute approximate surface area is 127 Å². The molecule has 0 spiro atoms. The fourth-order valence-electron chi connectivity index (χ4n) is 2.00. The van der Waals surface area contributed by atoms with E-state index in [-0.39, 0.29) is 12.1 Å². The minimum atomic E-state index is -0.0849. The molecule has 1 aromatic carbocycles. The summed E-state index contributed by atoms with van der Waals surface area (Å²) in [5.41, 5.74) is 0. The highest BCUT2D eigenvalue weighted by Crippen LogP contribution is 2.17. The number of hydrogen-bond acceptors (Lipinski definition) is 3. The van der Waals surface area contributed by atoms with Gasteiger partial charge in [0.15, 0.2) is 0 Å². The Morgan fingerprint density at radius 1 is 1.60 bits per heavy atom. The van der Waals surface area contributed by atoms with Gasteiger partial charge in [0.05, 0.1) is 19.2 Å². The molecular weight excluding hydrogens is 324 g/mol. The summed E-state index contributed by atoms with van der Waals surface area (Å²) in [6.45, 7) is 2.27. The lowest BCUT2D eigenvalue weighted by molar-refractivity contribution is 0.157. The Morgan fingerprint density at radius 2 is 2.45 bits per heavy atom. The first-order valence-corrected chi connectivity index (χ1v) is 7.43. The normalized spacial score (nSPS) is 17.8. The average Bonchev–Trinajstić information content (AvgIpc) is 2.96. The number of benzene rings is 1. The van der Waals surface area contributed by atoms with Crippen LogP contribution in [0, 0.1) is 0 Å². The quantitative estimate of drug-likeness (QED) is 0.835. The number of carbonyl (C=O) groups is 1. The number of hydrogen-bond donors (Lipinski definition) is 1. The van der Waals surface area contributed by atoms with E-state index >= 15 is 0 Å². The molecule has 1 heterocycles. The molecule has 0 aromatic heterocycles. The number of urea groups is 1. The third-order valence-electron chi connectivity index (χ3n) is 3.22. The average molecular weight is 343 g/mol. The molecule has 5 nitrogen and oxygen atoms in total. The molecule has 0 aliphatic carbocycles. The van der Waals surface area contributed by atoms with Crippen LogP contribution in [0.3, 0.4) is 0 Å². The monoisotopic (exact) mass is 342 g/mol. The summed E-state index contributed by atoms with van der Waals surface area (Å²) in [6.07, 6.45) is 0.901. The molecule has 1 atom stereocenters. The smallest absolute Gasteiger partial charge is 0.317 e. The first kappa shape index (κ1) is 15.1. The number of halogens is 1. The molecule has 20 heavy (non-hydrogen) atoms. The molecule has 1 fully saturated rings. The van der Waals surface area contributed by atoms with Gasteiger partial charge in [-0.3, -0.25) is 0 Å². The van der Waals surface area contributed by atoms with Gasteiger partial charge in [-0.25, -0.2) is 4.79 Å². The molecule has 110 valence electrons. The van der Waals surface area contributed by atoms with Crippen LogP contribution in [0.25, 0.3) is 0 Å². The maximum atomic E-state index is 11.9. The molecule has 0 bridgehead atoms. The minimum Gasteiger partial charge on any atom is -0.492 e. The molecular formula is C14H19BrN2O3. The lowest BCUT2D eigenvalue weighted by Crippen LogP contribution is -2.44. The van der Waals surface area contributed by atoms with E-state index in [2.05, 4.69) is 21.2 Å². The Morgan fingerprint density at radius 3 is 3.15 bits per heavy atom. The number of rotatable bonds is 5. The van der Waals surface area contributed by atoms with Crippen LogP contribution >= 0.6 is 15.9 Å². The summed E-state index contributed by atoms with van der Waals surface area (Å²) in [7, 11) is 1.80. The standard InChI is InChI=1S/C14H19BrN2O3/c1-17(12-5-7-19-10-12)14(18)16-6-8-20-13-4-2-3-11(15)9-13/h2-4,9,12H,5-8,10H2,1H3,(H,16,18)/t12-/m1/s1. The Balaban J connectivity index is 1.66. The van der Waals surface area contributed by atoms with Gasteiger partial charge in [0.2, 0.25) is 0 Å². The highest BCUT2D eigenvalue weighted by atomic mass is 79.9. The van der Waals surface area contributed by atoms with Crippen molar-refractivity contribution >= 4 is 22.0 Å². The highest BCUT2D eigenvalue weighted by Gasteiger charge is 2.23. The zero-order chi connectivity index (χ0) is 14.4. The summed E-state index contributed by atoms with van der Waals surface area (Å²) in [5.74, 6) is 0.783. The molecule has 1 N–H and O–H groups in total. The molecule has 2 amide bonds. The van der Waals surface area contributed by atoms with Crippen molar-refractivity contribution in [1.29, 1.82) is 0 Å². The van der Waals surface area contributed by atoms with Crippen molar-refractivity contribution in [1.82, 2.24) is 10.2 Å². The fraction of sp³-hybridized carbons (Fsp3) is 0.500. The Kier molecular flexibility index (Phi) is 5.67. The van der Waals surface area contributed by atoms with Gasteiger partial charge in [-0.2, -0.15) is 0 Å². The third kappa shape index (κ3) is 4.38. The maximum Gasteiger partial charge on any atom is 0.317 e. The van der Waals surface area contributed by atoms with Crippen molar-refractivity contribution in [3.05, 3.63) is 28.7 Å². The van der Waals surface area contributed by atoms with E-state index in [0.29, 0.717) is 19.8 Å². The number of likely N-dealkylation sites (N-methyl/N-ethyl adjacent to an activating group) is 1. The SMILES string of the molecule is CN(C(=O)NCCOc1cccc(Br)c1)[C@@H]1CCOC1.